The van der Waals surface area contributed by atoms with E-state index >= 15 is 0 Å². The highest BCUT2D eigenvalue weighted by molar-refractivity contribution is 5.12. The van der Waals surface area contributed by atoms with Crippen molar-refractivity contribution in [1.82, 2.24) is 10.3 Å². The first-order valence-electron chi connectivity index (χ1n) is 6.06. The predicted octanol–water partition coefficient (Wildman–Crippen LogP) is 1.51. The Hall–Kier alpha value is -0.910. The predicted molar refractivity (Wildman–Crippen MR) is 62.6 cm³/mol. The minimum Gasteiger partial charge on any atom is -0.445 e. The molecule has 1 aliphatic rings. The van der Waals surface area contributed by atoms with Crippen LogP contribution in [0.25, 0.3) is 0 Å². The summed E-state index contributed by atoms with van der Waals surface area (Å²) >= 11 is 0. The van der Waals surface area contributed by atoms with Gasteiger partial charge in [-0.25, -0.2) is 4.98 Å². The molecule has 0 spiro atoms. The fourth-order valence-corrected chi connectivity index (χ4v) is 2.05. The number of aromatic nitrogens is 1. The molecule has 1 aromatic heterocycles. The van der Waals surface area contributed by atoms with E-state index in [1.807, 2.05) is 0 Å². The number of ether oxygens (including phenoxy) is 2. The van der Waals surface area contributed by atoms with Gasteiger partial charge in [0.2, 0.25) is 0 Å². The van der Waals surface area contributed by atoms with Crippen LogP contribution in [0.4, 0.5) is 0 Å². The average Bonchev–Trinajstić information content (AvgIpc) is 2.93. The van der Waals surface area contributed by atoms with Crippen LogP contribution >= 0.6 is 0 Å². The maximum Gasteiger partial charge on any atom is 0.181 e. The fraction of sp³-hybridized carbons (Fsp3) is 0.750. The van der Waals surface area contributed by atoms with Gasteiger partial charge >= 0.3 is 0 Å². The molecule has 0 radical (unpaired) electrons. The first-order chi connectivity index (χ1) is 8.33. The topological polar surface area (TPSA) is 56.5 Å². The molecule has 2 rings (SSSR count). The fourth-order valence-electron chi connectivity index (χ4n) is 2.05. The maximum atomic E-state index is 5.69. The van der Waals surface area contributed by atoms with Gasteiger partial charge in [0.25, 0.3) is 0 Å². The highest BCUT2D eigenvalue weighted by Crippen LogP contribution is 2.35. The van der Waals surface area contributed by atoms with Crippen molar-refractivity contribution in [2.24, 2.45) is 5.92 Å². The lowest BCUT2D eigenvalue weighted by Crippen LogP contribution is -2.20. The van der Waals surface area contributed by atoms with E-state index in [1.165, 1.54) is 6.39 Å². The van der Waals surface area contributed by atoms with Gasteiger partial charge in [0.05, 0.1) is 12.3 Å². The molecule has 0 aliphatic carbocycles. The van der Waals surface area contributed by atoms with Crippen LogP contribution < -0.4 is 5.32 Å². The van der Waals surface area contributed by atoms with Crippen molar-refractivity contribution in [2.45, 2.75) is 26.0 Å². The third kappa shape index (κ3) is 3.06. The molecule has 1 fully saturated rings. The number of methoxy groups -OCH3 is 1. The molecule has 1 aliphatic heterocycles. The van der Waals surface area contributed by atoms with E-state index in [1.54, 1.807) is 7.11 Å². The first-order valence-corrected chi connectivity index (χ1v) is 6.06. The highest BCUT2D eigenvalue weighted by Gasteiger charge is 2.30. The summed E-state index contributed by atoms with van der Waals surface area (Å²) in [5.41, 5.74) is 0.944. The van der Waals surface area contributed by atoms with Gasteiger partial charge in [0.15, 0.2) is 12.2 Å². The number of nitrogens with one attached hydrogen (secondary N) is 1. The van der Waals surface area contributed by atoms with Gasteiger partial charge in [-0.15, -0.1) is 0 Å². The summed E-state index contributed by atoms with van der Waals surface area (Å²) in [7, 11) is 1.69. The summed E-state index contributed by atoms with van der Waals surface area (Å²) in [6, 6.07) is 0. The molecule has 96 valence electrons. The van der Waals surface area contributed by atoms with Gasteiger partial charge in [-0.1, -0.05) is 6.92 Å². The van der Waals surface area contributed by atoms with Crippen molar-refractivity contribution in [3.8, 4) is 0 Å². The molecule has 0 saturated carbocycles. The molecule has 0 aromatic carbocycles. The molecular formula is C12H20N2O3. The molecule has 1 saturated heterocycles. The molecule has 1 aromatic rings. The van der Waals surface area contributed by atoms with Crippen molar-refractivity contribution in [1.29, 1.82) is 0 Å². The Morgan fingerprint density at radius 3 is 3.18 bits per heavy atom. The van der Waals surface area contributed by atoms with Crippen LogP contribution in [0.3, 0.4) is 0 Å². The molecule has 2 atom stereocenters. The van der Waals surface area contributed by atoms with Gasteiger partial charge in [0.1, 0.15) is 6.10 Å². The molecule has 2 unspecified atom stereocenters. The summed E-state index contributed by atoms with van der Waals surface area (Å²) < 4.78 is 16.1. The largest absolute Gasteiger partial charge is 0.445 e. The number of hydrogen-bond acceptors (Lipinski definition) is 5. The zero-order chi connectivity index (χ0) is 12.1. The minimum atomic E-state index is 0.0664. The standard InChI is InChI=1S/C12H20N2O3/c1-9-3-5-16-11(9)12-10(14-8-17-12)7-13-4-6-15-2/h8-9,11,13H,3-7H2,1-2H3. The monoisotopic (exact) mass is 240 g/mol. The zero-order valence-corrected chi connectivity index (χ0v) is 10.4. The van der Waals surface area contributed by atoms with Crippen LogP contribution in [-0.2, 0) is 16.0 Å². The Labute approximate surface area is 102 Å². The zero-order valence-electron chi connectivity index (χ0n) is 10.4. The number of oxazole rings is 1. The Morgan fingerprint density at radius 2 is 2.47 bits per heavy atom. The molecule has 5 nitrogen and oxygen atoms in total. The maximum absolute atomic E-state index is 5.69. The van der Waals surface area contributed by atoms with Gasteiger partial charge in [-0.3, -0.25) is 0 Å². The van der Waals surface area contributed by atoms with Crippen LogP contribution in [0.15, 0.2) is 10.8 Å². The van der Waals surface area contributed by atoms with E-state index in [2.05, 4.69) is 17.2 Å². The van der Waals surface area contributed by atoms with Gasteiger partial charge in [-0.2, -0.15) is 0 Å². The lowest BCUT2D eigenvalue weighted by molar-refractivity contribution is 0.0749. The van der Waals surface area contributed by atoms with Crippen LogP contribution in [-0.4, -0.2) is 31.9 Å². The Morgan fingerprint density at radius 1 is 1.59 bits per heavy atom. The number of rotatable bonds is 6. The van der Waals surface area contributed by atoms with Crippen molar-refractivity contribution >= 4 is 0 Å². The van der Waals surface area contributed by atoms with Crippen molar-refractivity contribution < 1.29 is 13.9 Å². The van der Waals surface area contributed by atoms with E-state index in [4.69, 9.17) is 13.9 Å². The van der Waals surface area contributed by atoms with Crippen molar-refractivity contribution in [3.05, 3.63) is 17.8 Å². The van der Waals surface area contributed by atoms with Crippen LogP contribution in [0.5, 0.6) is 0 Å². The molecule has 1 N–H and O–H groups in total. The van der Waals surface area contributed by atoms with Gasteiger partial charge in [0, 0.05) is 26.8 Å². The van der Waals surface area contributed by atoms with Gasteiger partial charge in [-0.05, 0) is 12.3 Å². The summed E-state index contributed by atoms with van der Waals surface area (Å²) in [5.74, 6) is 1.38. The SMILES string of the molecule is COCCNCc1ncoc1C1OCCC1C. The molecular weight excluding hydrogens is 220 g/mol. The molecule has 0 amide bonds. The third-order valence-electron chi connectivity index (χ3n) is 3.09. The van der Waals surface area contributed by atoms with E-state index in [0.717, 1.165) is 31.0 Å². The lowest BCUT2D eigenvalue weighted by atomic mass is 10.0. The molecule has 17 heavy (non-hydrogen) atoms. The summed E-state index contributed by atoms with van der Waals surface area (Å²) in [6.45, 7) is 5.20. The van der Waals surface area contributed by atoms with Crippen molar-refractivity contribution in [3.63, 3.8) is 0 Å². The minimum absolute atomic E-state index is 0.0664. The summed E-state index contributed by atoms with van der Waals surface area (Å²) in [6.07, 6.45) is 2.65. The highest BCUT2D eigenvalue weighted by atomic mass is 16.5. The van der Waals surface area contributed by atoms with Crippen LogP contribution in [0.1, 0.15) is 30.9 Å². The Balaban J connectivity index is 1.92. The number of hydrogen-bond donors (Lipinski definition) is 1. The van der Waals surface area contributed by atoms with Gasteiger partial charge < -0.3 is 19.2 Å². The van der Waals surface area contributed by atoms with E-state index in [9.17, 15) is 0 Å². The Kier molecular flexibility index (Phi) is 4.53. The normalized spacial score (nSPS) is 24.4. The number of nitrogens with zero attached hydrogens (tertiary/aromatic N) is 1. The lowest BCUT2D eigenvalue weighted by Gasteiger charge is -2.13. The van der Waals surface area contributed by atoms with E-state index in [-0.39, 0.29) is 6.10 Å². The second-order valence-electron chi connectivity index (χ2n) is 4.39. The van der Waals surface area contributed by atoms with Crippen molar-refractivity contribution in [2.75, 3.05) is 26.9 Å². The molecule has 5 heteroatoms. The molecule has 2 heterocycles. The summed E-state index contributed by atoms with van der Waals surface area (Å²) in [5, 5.41) is 3.26. The molecule has 0 bridgehead atoms. The van der Waals surface area contributed by atoms with Crippen LogP contribution in [0.2, 0.25) is 0 Å². The van der Waals surface area contributed by atoms with E-state index in [0.29, 0.717) is 19.1 Å². The second kappa shape index (κ2) is 6.14. The van der Waals surface area contributed by atoms with E-state index < -0.39 is 0 Å². The third-order valence-corrected chi connectivity index (χ3v) is 3.09. The second-order valence-corrected chi connectivity index (χ2v) is 4.39. The summed E-state index contributed by atoms with van der Waals surface area (Å²) in [4.78, 5) is 4.24. The quantitative estimate of drug-likeness (QED) is 0.764. The van der Waals surface area contributed by atoms with Crippen LogP contribution in [0, 0.1) is 5.92 Å². The first kappa shape index (κ1) is 12.5. The smallest absolute Gasteiger partial charge is 0.181 e. The average molecular weight is 240 g/mol. The Bertz CT molecular complexity index is 340.